The van der Waals surface area contributed by atoms with Crippen LogP contribution in [0.5, 0.6) is 5.75 Å². The van der Waals surface area contributed by atoms with E-state index in [1.807, 2.05) is 42.5 Å². The molecule has 1 aliphatic heterocycles. The number of methoxy groups -OCH3 is 1. The molecule has 0 unspecified atom stereocenters. The maximum Gasteiger partial charge on any atom is 0.251 e. The molecule has 1 amide bonds. The number of aliphatic hydroxyl groups is 1. The summed E-state index contributed by atoms with van der Waals surface area (Å²) in [5.74, 6) is 1.80. The predicted octanol–water partition coefficient (Wildman–Crippen LogP) is 2.35. The molecule has 2 aromatic carbocycles. The maximum absolute atomic E-state index is 12.1. The van der Waals surface area contributed by atoms with Gasteiger partial charge in [0.25, 0.3) is 5.91 Å². The van der Waals surface area contributed by atoms with E-state index in [2.05, 4.69) is 26.2 Å². The fourth-order valence-corrected chi connectivity index (χ4v) is 3.85. The summed E-state index contributed by atoms with van der Waals surface area (Å²) in [4.78, 5) is 26.0. The van der Waals surface area contributed by atoms with Crippen LogP contribution < -0.4 is 19.9 Å². The molecule has 1 aromatic heterocycles. The number of fused-ring (bicyclic) bond motifs is 1. The number of hydrogen-bond acceptors (Lipinski definition) is 7. The molecule has 0 aliphatic carbocycles. The molecule has 168 valence electrons. The monoisotopic (exact) mass is 435 g/mol. The Morgan fingerprint density at radius 3 is 2.41 bits per heavy atom. The standard InChI is InChI=1S/C24H29N5O3/c1-24(2,31)23(30)25-16-21-26-18-9-5-4-8-17(18)22(27-21)29-14-12-28(13-15-29)19-10-6-7-11-20(19)32-3/h4-11,31H,12-16H2,1-3H3,(H,25,30). The van der Waals surface area contributed by atoms with E-state index in [1.165, 1.54) is 13.8 Å². The smallest absolute Gasteiger partial charge is 0.251 e. The Morgan fingerprint density at radius 2 is 1.69 bits per heavy atom. The van der Waals surface area contributed by atoms with Crippen LogP contribution >= 0.6 is 0 Å². The van der Waals surface area contributed by atoms with Gasteiger partial charge >= 0.3 is 0 Å². The molecule has 8 heteroatoms. The highest BCUT2D eigenvalue weighted by atomic mass is 16.5. The van der Waals surface area contributed by atoms with Gasteiger partial charge in [-0.1, -0.05) is 24.3 Å². The normalized spacial score (nSPS) is 14.5. The Kier molecular flexibility index (Phi) is 6.14. The fourth-order valence-electron chi connectivity index (χ4n) is 3.85. The number of benzene rings is 2. The second-order valence-electron chi connectivity index (χ2n) is 8.37. The Balaban J connectivity index is 1.55. The maximum atomic E-state index is 12.1. The quantitative estimate of drug-likeness (QED) is 0.614. The molecule has 1 fully saturated rings. The number of amides is 1. The molecular weight excluding hydrogens is 406 g/mol. The number of para-hydroxylation sites is 3. The van der Waals surface area contributed by atoms with Crippen LogP contribution in [0.4, 0.5) is 11.5 Å². The van der Waals surface area contributed by atoms with E-state index in [-0.39, 0.29) is 6.54 Å². The molecule has 0 bridgehead atoms. The van der Waals surface area contributed by atoms with Crippen LogP contribution in [0, 0.1) is 0 Å². The van der Waals surface area contributed by atoms with Gasteiger partial charge in [-0.3, -0.25) is 4.79 Å². The highest BCUT2D eigenvalue weighted by molar-refractivity contribution is 5.90. The molecule has 0 atom stereocenters. The summed E-state index contributed by atoms with van der Waals surface area (Å²) in [7, 11) is 1.69. The van der Waals surface area contributed by atoms with E-state index in [0.717, 1.165) is 54.3 Å². The van der Waals surface area contributed by atoms with Crippen LogP contribution in [0.25, 0.3) is 10.9 Å². The molecule has 1 aliphatic rings. The van der Waals surface area contributed by atoms with Crippen LogP contribution in [0.15, 0.2) is 48.5 Å². The van der Waals surface area contributed by atoms with Crippen LogP contribution in [0.3, 0.4) is 0 Å². The Hall–Kier alpha value is -3.39. The third kappa shape index (κ3) is 4.60. The van der Waals surface area contributed by atoms with Gasteiger partial charge in [-0.05, 0) is 38.1 Å². The lowest BCUT2D eigenvalue weighted by Gasteiger charge is -2.37. The number of nitrogens with zero attached hydrogens (tertiary/aromatic N) is 4. The van der Waals surface area contributed by atoms with Gasteiger partial charge in [0.05, 0.1) is 24.9 Å². The van der Waals surface area contributed by atoms with E-state index >= 15 is 0 Å². The van der Waals surface area contributed by atoms with Gasteiger partial charge in [-0.15, -0.1) is 0 Å². The topological polar surface area (TPSA) is 90.8 Å². The van der Waals surface area contributed by atoms with E-state index in [9.17, 15) is 9.90 Å². The van der Waals surface area contributed by atoms with Gasteiger partial charge in [-0.25, -0.2) is 9.97 Å². The first kappa shape index (κ1) is 21.8. The van der Waals surface area contributed by atoms with Crippen molar-refractivity contribution in [3.8, 4) is 5.75 Å². The molecule has 2 heterocycles. The second-order valence-corrected chi connectivity index (χ2v) is 8.37. The zero-order valence-electron chi connectivity index (χ0n) is 18.7. The zero-order valence-corrected chi connectivity index (χ0v) is 18.7. The summed E-state index contributed by atoms with van der Waals surface area (Å²) >= 11 is 0. The number of hydrogen-bond donors (Lipinski definition) is 2. The van der Waals surface area contributed by atoms with Gasteiger partial charge in [0.1, 0.15) is 17.2 Å². The van der Waals surface area contributed by atoms with Crippen molar-refractivity contribution >= 4 is 28.3 Å². The molecule has 0 radical (unpaired) electrons. The van der Waals surface area contributed by atoms with Gasteiger partial charge in [0.2, 0.25) is 0 Å². The Bertz CT molecular complexity index is 1100. The lowest BCUT2D eigenvalue weighted by molar-refractivity contribution is -0.136. The van der Waals surface area contributed by atoms with Crippen molar-refractivity contribution in [3.63, 3.8) is 0 Å². The molecule has 1 saturated heterocycles. The number of anilines is 2. The zero-order chi connectivity index (χ0) is 22.7. The summed E-state index contributed by atoms with van der Waals surface area (Å²) in [6.07, 6.45) is 0. The molecule has 8 nitrogen and oxygen atoms in total. The van der Waals surface area contributed by atoms with Crippen molar-refractivity contribution in [1.29, 1.82) is 0 Å². The number of rotatable bonds is 6. The minimum absolute atomic E-state index is 0.155. The Morgan fingerprint density at radius 1 is 1.03 bits per heavy atom. The van der Waals surface area contributed by atoms with Gasteiger partial charge < -0.3 is 25.0 Å². The number of nitrogens with one attached hydrogen (secondary N) is 1. The average molecular weight is 436 g/mol. The number of ether oxygens (including phenoxy) is 1. The molecular formula is C24H29N5O3. The number of piperazine rings is 1. The fraction of sp³-hybridized carbons (Fsp3) is 0.375. The SMILES string of the molecule is COc1ccccc1N1CCN(c2nc(CNC(=O)C(C)(C)O)nc3ccccc23)CC1. The summed E-state index contributed by atoms with van der Waals surface area (Å²) in [5.41, 5.74) is 0.475. The van der Waals surface area contributed by atoms with Crippen molar-refractivity contribution < 1.29 is 14.6 Å². The van der Waals surface area contributed by atoms with Crippen LogP contribution in [0.2, 0.25) is 0 Å². The van der Waals surface area contributed by atoms with Gasteiger partial charge in [0, 0.05) is 31.6 Å². The number of aromatic nitrogens is 2. The minimum Gasteiger partial charge on any atom is -0.495 e. The highest BCUT2D eigenvalue weighted by Crippen LogP contribution is 2.30. The third-order valence-corrected chi connectivity index (χ3v) is 5.60. The predicted molar refractivity (Wildman–Crippen MR) is 125 cm³/mol. The summed E-state index contributed by atoms with van der Waals surface area (Å²) in [6.45, 7) is 6.34. The van der Waals surface area contributed by atoms with Crippen molar-refractivity contribution in [2.75, 3.05) is 43.1 Å². The van der Waals surface area contributed by atoms with Gasteiger partial charge in [0.15, 0.2) is 5.82 Å². The lowest BCUT2D eigenvalue weighted by Crippen LogP contribution is -2.47. The van der Waals surface area contributed by atoms with Crippen molar-refractivity contribution in [2.45, 2.75) is 26.0 Å². The molecule has 0 saturated carbocycles. The van der Waals surface area contributed by atoms with Crippen LogP contribution in [-0.2, 0) is 11.3 Å². The molecule has 4 rings (SSSR count). The largest absolute Gasteiger partial charge is 0.495 e. The van der Waals surface area contributed by atoms with Crippen molar-refractivity contribution in [2.24, 2.45) is 0 Å². The number of carbonyl (C=O) groups is 1. The average Bonchev–Trinajstić information content (AvgIpc) is 2.81. The minimum atomic E-state index is -1.45. The molecule has 3 aromatic rings. The van der Waals surface area contributed by atoms with E-state index < -0.39 is 11.5 Å². The first-order chi connectivity index (χ1) is 15.4. The summed E-state index contributed by atoms with van der Waals surface area (Å²) < 4.78 is 5.53. The summed E-state index contributed by atoms with van der Waals surface area (Å²) in [5, 5.41) is 13.6. The number of carbonyl (C=O) groups excluding carboxylic acids is 1. The lowest BCUT2D eigenvalue weighted by atomic mass is 10.1. The Labute approximate surface area is 187 Å². The third-order valence-electron chi connectivity index (χ3n) is 5.60. The highest BCUT2D eigenvalue weighted by Gasteiger charge is 2.25. The second kappa shape index (κ2) is 9.00. The van der Waals surface area contributed by atoms with E-state index in [1.54, 1.807) is 7.11 Å². The van der Waals surface area contributed by atoms with E-state index in [4.69, 9.17) is 9.72 Å². The molecule has 0 spiro atoms. The first-order valence-corrected chi connectivity index (χ1v) is 10.8. The first-order valence-electron chi connectivity index (χ1n) is 10.8. The van der Waals surface area contributed by atoms with Gasteiger partial charge in [-0.2, -0.15) is 0 Å². The van der Waals surface area contributed by atoms with Crippen LogP contribution in [-0.4, -0.2) is 59.9 Å². The van der Waals surface area contributed by atoms with Crippen LogP contribution in [0.1, 0.15) is 19.7 Å². The van der Waals surface area contributed by atoms with Crippen molar-refractivity contribution in [1.82, 2.24) is 15.3 Å². The summed E-state index contributed by atoms with van der Waals surface area (Å²) in [6, 6.07) is 16.0. The van der Waals surface area contributed by atoms with E-state index in [0.29, 0.717) is 5.82 Å². The molecule has 32 heavy (non-hydrogen) atoms. The van der Waals surface area contributed by atoms with Crippen molar-refractivity contribution in [3.05, 3.63) is 54.4 Å². The molecule has 2 N–H and O–H groups in total.